The summed E-state index contributed by atoms with van der Waals surface area (Å²) in [6, 6.07) is 8.96. The summed E-state index contributed by atoms with van der Waals surface area (Å²) in [6.45, 7) is 2.27. The first-order valence-electron chi connectivity index (χ1n) is 7.18. The number of benzene rings is 1. The molecule has 1 heteroatoms. The summed E-state index contributed by atoms with van der Waals surface area (Å²) in [5, 5.41) is 0.923. The molecule has 0 saturated carbocycles. The zero-order valence-electron chi connectivity index (χ0n) is 11.5. The van der Waals surface area contributed by atoms with Gasteiger partial charge in [-0.25, -0.2) is 0 Å². The van der Waals surface area contributed by atoms with Crippen molar-refractivity contribution in [1.29, 1.82) is 0 Å². The molecule has 0 atom stereocenters. The number of alkyl halides is 1. The number of hydrogen-bond acceptors (Lipinski definition) is 0. The normalized spacial score (nSPS) is 11.2. The summed E-state index contributed by atoms with van der Waals surface area (Å²) < 4.78 is 0. The average molecular weight is 309 g/mol. The van der Waals surface area contributed by atoms with E-state index in [4.69, 9.17) is 0 Å². The van der Waals surface area contributed by atoms with E-state index in [0.29, 0.717) is 0 Å². The average Bonchev–Trinajstić information content (AvgIpc) is 2.42. The van der Waals surface area contributed by atoms with Crippen LogP contribution in [0, 0.1) is 0 Å². The Morgan fingerprint density at radius 2 is 1.61 bits per heavy atom. The maximum atomic E-state index is 3.39. The van der Waals surface area contributed by atoms with Crippen LogP contribution in [-0.2, 0) is 6.42 Å². The lowest BCUT2D eigenvalue weighted by atomic mass is 10.0. The lowest BCUT2D eigenvalue weighted by Gasteiger charge is -2.02. The summed E-state index contributed by atoms with van der Waals surface area (Å²) in [5.41, 5.74) is 2.77. The van der Waals surface area contributed by atoms with Gasteiger partial charge in [0.05, 0.1) is 0 Å². The second kappa shape index (κ2) is 10.4. The molecule has 0 nitrogen and oxygen atoms in total. The van der Waals surface area contributed by atoms with Crippen molar-refractivity contribution in [3.8, 4) is 0 Å². The fourth-order valence-electron chi connectivity index (χ4n) is 2.09. The van der Waals surface area contributed by atoms with Gasteiger partial charge in [-0.05, 0) is 24.0 Å². The van der Waals surface area contributed by atoms with E-state index in [1.54, 1.807) is 0 Å². The van der Waals surface area contributed by atoms with E-state index in [1.807, 2.05) is 0 Å². The second-order valence-corrected chi connectivity index (χ2v) is 5.46. The van der Waals surface area contributed by atoms with Crippen LogP contribution in [0.1, 0.15) is 56.6 Å². The van der Waals surface area contributed by atoms with Gasteiger partial charge in [0, 0.05) is 5.33 Å². The topological polar surface area (TPSA) is 0 Å². The van der Waals surface area contributed by atoms with Crippen LogP contribution in [0.15, 0.2) is 30.3 Å². The zero-order valence-corrected chi connectivity index (χ0v) is 13.1. The summed E-state index contributed by atoms with van der Waals surface area (Å²) >= 11 is 3.39. The molecule has 0 aliphatic carbocycles. The van der Waals surface area contributed by atoms with Crippen molar-refractivity contribution < 1.29 is 0 Å². The van der Waals surface area contributed by atoms with E-state index in [2.05, 4.69) is 59.3 Å². The SMILES string of the molecule is CCCCCCCCc1ccc(C=CCBr)cc1. The van der Waals surface area contributed by atoms with Crippen molar-refractivity contribution in [3.05, 3.63) is 41.5 Å². The molecule has 0 bridgehead atoms. The van der Waals surface area contributed by atoms with Crippen LogP contribution < -0.4 is 0 Å². The predicted octanol–water partition coefficient (Wildman–Crippen LogP) is 6.00. The first-order chi connectivity index (χ1) is 8.86. The third-order valence-corrected chi connectivity index (χ3v) is 3.57. The van der Waals surface area contributed by atoms with Gasteiger partial charge in [0.25, 0.3) is 0 Å². The Balaban J connectivity index is 2.20. The summed E-state index contributed by atoms with van der Waals surface area (Å²) in [6.07, 6.45) is 13.8. The largest absolute Gasteiger partial charge is 0.0883 e. The molecular weight excluding hydrogens is 284 g/mol. The van der Waals surface area contributed by atoms with Crippen molar-refractivity contribution in [2.75, 3.05) is 5.33 Å². The first-order valence-corrected chi connectivity index (χ1v) is 8.30. The third-order valence-electron chi connectivity index (χ3n) is 3.20. The van der Waals surface area contributed by atoms with E-state index in [-0.39, 0.29) is 0 Å². The molecule has 18 heavy (non-hydrogen) atoms. The zero-order chi connectivity index (χ0) is 13.1. The van der Waals surface area contributed by atoms with Gasteiger partial charge >= 0.3 is 0 Å². The Bertz CT molecular complexity index is 324. The molecule has 1 aromatic carbocycles. The van der Waals surface area contributed by atoms with Crippen molar-refractivity contribution >= 4 is 22.0 Å². The molecule has 0 radical (unpaired) electrons. The molecule has 0 heterocycles. The molecule has 0 amide bonds. The number of aryl methyl sites for hydroxylation is 1. The lowest BCUT2D eigenvalue weighted by molar-refractivity contribution is 0.607. The minimum Gasteiger partial charge on any atom is -0.0883 e. The molecule has 0 aliphatic heterocycles. The molecule has 1 rings (SSSR count). The highest BCUT2D eigenvalue weighted by Crippen LogP contribution is 2.11. The fraction of sp³-hybridized carbons (Fsp3) is 0.529. The van der Waals surface area contributed by atoms with Gasteiger partial charge in [0.2, 0.25) is 0 Å². The predicted molar refractivity (Wildman–Crippen MR) is 86.4 cm³/mol. The van der Waals surface area contributed by atoms with Gasteiger partial charge < -0.3 is 0 Å². The van der Waals surface area contributed by atoms with Crippen molar-refractivity contribution in [3.63, 3.8) is 0 Å². The van der Waals surface area contributed by atoms with Crippen LogP contribution in [0.25, 0.3) is 6.08 Å². The number of allylic oxidation sites excluding steroid dienone is 1. The monoisotopic (exact) mass is 308 g/mol. The van der Waals surface area contributed by atoms with Gasteiger partial charge in [-0.1, -0.05) is 91.4 Å². The number of hydrogen-bond donors (Lipinski definition) is 0. The van der Waals surface area contributed by atoms with E-state index in [0.717, 1.165) is 5.33 Å². The Labute approximate surface area is 121 Å². The highest BCUT2D eigenvalue weighted by Gasteiger charge is 1.94. The molecule has 0 saturated heterocycles. The van der Waals surface area contributed by atoms with Crippen LogP contribution in [0.5, 0.6) is 0 Å². The van der Waals surface area contributed by atoms with Gasteiger partial charge in [0.15, 0.2) is 0 Å². The Kier molecular flexibility index (Phi) is 8.93. The molecule has 0 spiro atoms. The molecule has 0 aliphatic rings. The number of rotatable bonds is 9. The molecule has 0 aromatic heterocycles. The molecule has 0 N–H and O–H groups in total. The molecular formula is C17H25Br. The summed E-state index contributed by atoms with van der Waals surface area (Å²) in [4.78, 5) is 0. The van der Waals surface area contributed by atoms with E-state index >= 15 is 0 Å². The van der Waals surface area contributed by atoms with Gasteiger partial charge in [-0.15, -0.1) is 0 Å². The van der Waals surface area contributed by atoms with Crippen molar-refractivity contribution in [1.82, 2.24) is 0 Å². The van der Waals surface area contributed by atoms with Gasteiger partial charge in [-0.3, -0.25) is 0 Å². The summed E-state index contributed by atoms with van der Waals surface area (Å²) in [7, 11) is 0. The highest BCUT2D eigenvalue weighted by atomic mass is 79.9. The molecule has 0 unspecified atom stereocenters. The number of halogens is 1. The van der Waals surface area contributed by atoms with E-state index in [1.165, 1.54) is 56.1 Å². The Morgan fingerprint density at radius 3 is 2.28 bits per heavy atom. The molecule has 0 fully saturated rings. The van der Waals surface area contributed by atoms with Crippen LogP contribution in [-0.4, -0.2) is 5.33 Å². The lowest BCUT2D eigenvalue weighted by Crippen LogP contribution is -1.86. The smallest absolute Gasteiger partial charge is 0.0215 e. The van der Waals surface area contributed by atoms with Gasteiger partial charge in [-0.2, -0.15) is 0 Å². The second-order valence-electron chi connectivity index (χ2n) is 4.82. The van der Waals surface area contributed by atoms with Crippen LogP contribution >= 0.6 is 15.9 Å². The maximum absolute atomic E-state index is 3.39. The maximum Gasteiger partial charge on any atom is 0.0215 e. The Morgan fingerprint density at radius 1 is 0.944 bits per heavy atom. The van der Waals surface area contributed by atoms with E-state index < -0.39 is 0 Å². The van der Waals surface area contributed by atoms with Crippen LogP contribution in [0.3, 0.4) is 0 Å². The van der Waals surface area contributed by atoms with Crippen molar-refractivity contribution in [2.24, 2.45) is 0 Å². The highest BCUT2D eigenvalue weighted by molar-refractivity contribution is 9.09. The van der Waals surface area contributed by atoms with Crippen molar-refractivity contribution in [2.45, 2.75) is 51.9 Å². The fourth-order valence-corrected chi connectivity index (χ4v) is 2.27. The number of unbranched alkanes of at least 4 members (excludes halogenated alkanes) is 5. The minimum absolute atomic E-state index is 0.923. The quantitative estimate of drug-likeness (QED) is 0.388. The van der Waals surface area contributed by atoms with E-state index in [9.17, 15) is 0 Å². The Hall–Kier alpha value is -0.560. The molecule has 1 aromatic rings. The third kappa shape index (κ3) is 7.00. The van der Waals surface area contributed by atoms with Crippen LogP contribution in [0.2, 0.25) is 0 Å². The standard InChI is InChI=1S/C17H25Br/c1-2-3-4-5-6-7-9-16-11-13-17(14-12-16)10-8-15-18/h8,10-14H,2-7,9,15H2,1H3. The minimum atomic E-state index is 0.923. The first kappa shape index (κ1) is 15.5. The summed E-state index contributed by atoms with van der Waals surface area (Å²) in [5.74, 6) is 0. The molecule has 100 valence electrons. The van der Waals surface area contributed by atoms with Crippen LogP contribution in [0.4, 0.5) is 0 Å². The van der Waals surface area contributed by atoms with Gasteiger partial charge in [0.1, 0.15) is 0 Å².